The molecular formula is C14H18N2O4S. The molecule has 2 aromatic heterocycles. The molecule has 0 fully saturated rings. The topological polar surface area (TPSA) is 80.6 Å². The van der Waals surface area contributed by atoms with Crippen LogP contribution >= 0.6 is 11.3 Å². The highest BCUT2D eigenvalue weighted by molar-refractivity contribution is 7.17. The fourth-order valence-electron chi connectivity index (χ4n) is 2.04. The predicted molar refractivity (Wildman–Crippen MR) is 82.2 cm³/mol. The van der Waals surface area contributed by atoms with Gasteiger partial charge in [-0.15, -0.1) is 16.1 Å². The molecule has 2 aromatic rings. The minimum atomic E-state index is -0.638. The summed E-state index contributed by atoms with van der Waals surface area (Å²) in [7, 11) is 0. The van der Waals surface area contributed by atoms with Crippen LogP contribution < -0.4 is 15.7 Å². The highest BCUT2D eigenvalue weighted by Gasteiger charge is 2.24. The molecule has 2 N–H and O–H groups in total. The second-order valence-electron chi connectivity index (χ2n) is 4.61. The van der Waals surface area contributed by atoms with Crippen molar-refractivity contribution in [2.75, 3.05) is 13.2 Å². The van der Waals surface area contributed by atoms with E-state index in [1.807, 2.05) is 19.2 Å². The Morgan fingerprint density at radius 3 is 2.81 bits per heavy atom. The van der Waals surface area contributed by atoms with E-state index >= 15 is 0 Å². The summed E-state index contributed by atoms with van der Waals surface area (Å²) in [5.74, 6) is -0.878. The van der Waals surface area contributed by atoms with Crippen LogP contribution in [0.1, 0.15) is 36.2 Å². The Hall–Kier alpha value is -2.02. The van der Waals surface area contributed by atoms with Crippen molar-refractivity contribution in [1.29, 1.82) is 0 Å². The molecule has 0 radical (unpaired) electrons. The Kier molecular flexibility index (Phi) is 4.52. The lowest BCUT2D eigenvalue weighted by atomic mass is 10.2. The van der Waals surface area contributed by atoms with E-state index in [0.29, 0.717) is 23.4 Å². The third kappa shape index (κ3) is 2.61. The molecule has 0 aliphatic carbocycles. The zero-order valence-corrected chi connectivity index (χ0v) is 13.0. The number of thiophene rings is 1. The van der Waals surface area contributed by atoms with E-state index in [1.54, 1.807) is 6.92 Å². The molecule has 0 saturated carbocycles. The molecule has 0 spiro atoms. The minimum absolute atomic E-state index is 0.276. The molecule has 2 rings (SSSR count). The van der Waals surface area contributed by atoms with Crippen molar-refractivity contribution >= 4 is 27.5 Å². The molecule has 0 unspecified atom stereocenters. The van der Waals surface area contributed by atoms with Gasteiger partial charge in [-0.3, -0.25) is 9.59 Å². The van der Waals surface area contributed by atoms with Crippen molar-refractivity contribution in [1.82, 2.24) is 10.0 Å². The first kappa shape index (κ1) is 15.4. The molecule has 0 aliphatic heterocycles. The zero-order chi connectivity index (χ0) is 15.6. The van der Waals surface area contributed by atoms with Gasteiger partial charge in [0.05, 0.1) is 4.70 Å². The van der Waals surface area contributed by atoms with Crippen LogP contribution in [0.5, 0.6) is 5.75 Å². The normalized spacial score (nSPS) is 10.8. The van der Waals surface area contributed by atoms with Crippen molar-refractivity contribution in [2.24, 2.45) is 0 Å². The van der Waals surface area contributed by atoms with Crippen molar-refractivity contribution in [3.8, 4) is 5.75 Å². The number of rotatable bonds is 5. The SMILES string of the molecule is CCCOn1c(=O)c(C(=O)NCC)c(O)c2scc(C)c21. The average molecular weight is 310 g/mol. The molecule has 2 heterocycles. The van der Waals surface area contributed by atoms with Crippen LogP contribution in [0.25, 0.3) is 10.2 Å². The maximum absolute atomic E-state index is 12.5. The van der Waals surface area contributed by atoms with E-state index in [0.717, 1.165) is 16.7 Å². The molecule has 0 atom stereocenters. The lowest BCUT2D eigenvalue weighted by molar-refractivity contribution is 0.0927. The fourth-order valence-corrected chi connectivity index (χ4v) is 3.01. The van der Waals surface area contributed by atoms with Crippen LogP contribution in [0.15, 0.2) is 10.2 Å². The molecule has 21 heavy (non-hydrogen) atoms. The van der Waals surface area contributed by atoms with Crippen molar-refractivity contribution in [2.45, 2.75) is 27.2 Å². The summed E-state index contributed by atoms with van der Waals surface area (Å²) in [5.41, 5.74) is 0.424. The fraction of sp³-hybridized carbons (Fsp3) is 0.429. The number of aromatic nitrogens is 1. The van der Waals surface area contributed by atoms with Gasteiger partial charge in [0.2, 0.25) is 0 Å². The lowest BCUT2D eigenvalue weighted by Crippen LogP contribution is -2.36. The first-order valence-electron chi connectivity index (χ1n) is 6.80. The van der Waals surface area contributed by atoms with Gasteiger partial charge in [-0.25, -0.2) is 0 Å². The standard InChI is InChI=1S/C14H18N2O4S/c1-4-6-20-16-10-8(3)7-21-12(10)11(17)9(14(16)19)13(18)15-5-2/h7,17H,4-6H2,1-3H3,(H,15,18). The van der Waals surface area contributed by atoms with Crippen molar-refractivity contribution in [3.05, 3.63) is 26.9 Å². The molecule has 7 heteroatoms. The van der Waals surface area contributed by atoms with Gasteiger partial charge < -0.3 is 15.3 Å². The monoisotopic (exact) mass is 310 g/mol. The Morgan fingerprint density at radius 2 is 2.19 bits per heavy atom. The minimum Gasteiger partial charge on any atom is -0.505 e. The number of hydrogen-bond acceptors (Lipinski definition) is 5. The van der Waals surface area contributed by atoms with E-state index in [1.165, 1.54) is 11.3 Å². The van der Waals surface area contributed by atoms with Gasteiger partial charge in [0.1, 0.15) is 12.1 Å². The van der Waals surface area contributed by atoms with Crippen molar-refractivity contribution < 1.29 is 14.7 Å². The van der Waals surface area contributed by atoms with Gasteiger partial charge in [0, 0.05) is 6.54 Å². The van der Waals surface area contributed by atoms with E-state index in [9.17, 15) is 14.7 Å². The first-order chi connectivity index (χ1) is 10.0. The van der Waals surface area contributed by atoms with Crippen molar-refractivity contribution in [3.63, 3.8) is 0 Å². The number of carbonyl (C=O) groups is 1. The average Bonchev–Trinajstić information content (AvgIpc) is 2.82. The Labute approximate surface area is 125 Å². The highest BCUT2D eigenvalue weighted by atomic mass is 32.1. The summed E-state index contributed by atoms with van der Waals surface area (Å²) < 4.78 is 1.60. The number of hydrogen-bond donors (Lipinski definition) is 2. The summed E-state index contributed by atoms with van der Waals surface area (Å²) in [6.07, 6.45) is 0.731. The summed E-state index contributed by atoms with van der Waals surface area (Å²) >= 11 is 1.28. The van der Waals surface area contributed by atoms with E-state index in [4.69, 9.17) is 4.84 Å². The molecule has 6 nitrogen and oxygen atoms in total. The summed E-state index contributed by atoms with van der Waals surface area (Å²) in [6, 6.07) is 0. The second kappa shape index (κ2) is 6.17. The quantitative estimate of drug-likeness (QED) is 0.880. The van der Waals surface area contributed by atoms with Gasteiger partial charge in [0.15, 0.2) is 11.3 Å². The van der Waals surface area contributed by atoms with E-state index in [-0.39, 0.29) is 11.3 Å². The zero-order valence-electron chi connectivity index (χ0n) is 12.2. The number of amides is 1. The van der Waals surface area contributed by atoms with Crippen LogP contribution in [-0.2, 0) is 0 Å². The molecule has 114 valence electrons. The van der Waals surface area contributed by atoms with Gasteiger partial charge in [-0.2, -0.15) is 0 Å². The maximum atomic E-state index is 12.5. The number of fused-ring (bicyclic) bond motifs is 1. The summed E-state index contributed by atoms with van der Waals surface area (Å²) in [6.45, 7) is 6.22. The predicted octanol–water partition coefficient (Wildman–Crippen LogP) is 1.67. The number of aromatic hydroxyl groups is 1. The Bertz CT molecular complexity index is 733. The van der Waals surface area contributed by atoms with Gasteiger partial charge in [-0.1, -0.05) is 6.92 Å². The van der Waals surface area contributed by atoms with Gasteiger partial charge in [0.25, 0.3) is 11.5 Å². The smallest absolute Gasteiger partial charge is 0.300 e. The molecular weight excluding hydrogens is 292 g/mol. The molecule has 0 aliphatic rings. The van der Waals surface area contributed by atoms with Crippen LogP contribution in [0.4, 0.5) is 0 Å². The lowest BCUT2D eigenvalue weighted by Gasteiger charge is -2.13. The number of aryl methyl sites for hydroxylation is 1. The summed E-state index contributed by atoms with van der Waals surface area (Å²) in [5, 5.41) is 14.6. The van der Waals surface area contributed by atoms with Gasteiger partial charge in [-0.05, 0) is 31.2 Å². The largest absolute Gasteiger partial charge is 0.505 e. The third-order valence-corrected chi connectivity index (χ3v) is 4.08. The second-order valence-corrected chi connectivity index (χ2v) is 5.49. The number of nitrogens with zero attached hydrogens (tertiary/aromatic N) is 1. The van der Waals surface area contributed by atoms with Crippen LogP contribution in [0.3, 0.4) is 0 Å². The van der Waals surface area contributed by atoms with E-state index in [2.05, 4.69) is 5.32 Å². The van der Waals surface area contributed by atoms with Crippen LogP contribution in [0, 0.1) is 6.92 Å². The highest BCUT2D eigenvalue weighted by Crippen LogP contribution is 2.33. The molecule has 0 saturated heterocycles. The molecule has 0 bridgehead atoms. The maximum Gasteiger partial charge on any atom is 0.300 e. The summed E-state index contributed by atoms with van der Waals surface area (Å²) in [4.78, 5) is 30.0. The van der Waals surface area contributed by atoms with E-state index < -0.39 is 11.5 Å². The Balaban J connectivity index is 2.76. The van der Waals surface area contributed by atoms with Crippen LogP contribution in [0.2, 0.25) is 0 Å². The number of nitrogens with one attached hydrogen (secondary N) is 1. The first-order valence-corrected chi connectivity index (χ1v) is 7.68. The number of pyridine rings is 1. The van der Waals surface area contributed by atoms with Gasteiger partial charge >= 0.3 is 0 Å². The Morgan fingerprint density at radius 1 is 1.48 bits per heavy atom. The third-order valence-electron chi connectivity index (χ3n) is 2.98. The number of carbonyl (C=O) groups excluding carboxylic acids is 1. The molecule has 1 amide bonds. The van der Waals surface area contributed by atoms with Crippen LogP contribution in [-0.4, -0.2) is 28.9 Å². The molecule has 0 aromatic carbocycles.